The largest absolute Gasteiger partial charge is 0.478 e. The molecule has 0 unspecified atom stereocenters. The SMILES string of the molecule is O=C(O)c1cccc2c1C(=O)N(c1ccccc1Cl)C2. The molecule has 0 fully saturated rings. The minimum absolute atomic E-state index is 0.0297. The second-order valence-electron chi connectivity index (χ2n) is 4.49. The Morgan fingerprint density at radius 1 is 1.15 bits per heavy atom. The van der Waals surface area contributed by atoms with Crippen molar-refractivity contribution >= 4 is 29.2 Å². The third-order valence-corrected chi connectivity index (χ3v) is 3.63. The van der Waals surface area contributed by atoms with Crippen LogP contribution in [0.5, 0.6) is 0 Å². The van der Waals surface area contributed by atoms with E-state index >= 15 is 0 Å². The molecule has 4 nitrogen and oxygen atoms in total. The van der Waals surface area contributed by atoms with Crippen molar-refractivity contribution < 1.29 is 14.7 Å². The first-order valence-corrected chi connectivity index (χ1v) is 6.39. The molecule has 0 saturated heterocycles. The van der Waals surface area contributed by atoms with Crippen LogP contribution in [0.2, 0.25) is 5.02 Å². The highest BCUT2D eigenvalue weighted by atomic mass is 35.5. The van der Waals surface area contributed by atoms with E-state index in [1.807, 2.05) is 0 Å². The van der Waals surface area contributed by atoms with Crippen molar-refractivity contribution in [2.75, 3.05) is 4.90 Å². The Balaban J connectivity index is 2.10. The maximum atomic E-state index is 12.5. The summed E-state index contributed by atoms with van der Waals surface area (Å²) >= 11 is 6.10. The summed E-state index contributed by atoms with van der Waals surface area (Å²) in [7, 11) is 0. The predicted molar refractivity (Wildman–Crippen MR) is 75.4 cm³/mol. The van der Waals surface area contributed by atoms with Crippen molar-refractivity contribution in [2.45, 2.75) is 6.54 Å². The molecule has 20 heavy (non-hydrogen) atoms. The Hall–Kier alpha value is -2.33. The summed E-state index contributed by atoms with van der Waals surface area (Å²) in [6.45, 7) is 0.332. The number of hydrogen-bond donors (Lipinski definition) is 1. The van der Waals surface area contributed by atoms with Crippen molar-refractivity contribution in [3.05, 3.63) is 64.2 Å². The maximum absolute atomic E-state index is 12.5. The molecule has 0 radical (unpaired) electrons. The van der Waals surface area contributed by atoms with Gasteiger partial charge in [-0.3, -0.25) is 4.79 Å². The van der Waals surface area contributed by atoms with Gasteiger partial charge in [0.25, 0.3) is 5.91 Å². The van der Waals surface area contributed by atoms with Crippen LogP contribution in [-0.2, 0) is 6.54 Å². The molecule has 0 spiro atoms. The number of para-hydroxylation sites is 1. The summed E-state index contributed by atoms with van der Waals surface area (Å²) in [5.41, 5.74) is 1.57. The van der Waals surface area contributed by atoms with Gasteiger partial charge in [0.05, 0.1) is 28.4 Å². The van der Waals surface area contributed by atoms with Gasteiger partial charge in [0.1, 0.15) is 0 Å². The quantitative estimate of drug-likeness (QED) is 0.923. The summed E-state index contributed by atoms with van der Waals surface area (Å²) < 4.78 is 0. The van der Waals surface area contributed by atoms with Crippen molar-refractivity contribution in [2.24, 2.45) is 0 Å². The number of anilines is 1. The standard InChI is InChI=1S/C15H10ClNO3/c16-11-6-1-2-7-12(11)17-8-9-4-3-5-10(15(19)20)13(9)14(17)18/h1-7H,8H2,(H,19,20). The van der Waals surface area contributed by atoms with Gasteiger partial charge >= 0.3 is 5.97 Å². The number of carbonyl (C=O) groups excluding carboxylic acids is 1. The summed E-state index contributed by atoms with van der Waals surface area (Å²) in [5.74, 6) is -1.43. The number of hydrogen-bond acceptors (Lipinski definition) is 2. The monoisotopic (exact) mass is 287 g/mol. The molecule has 2 aromatic rings. The first-order chi connectivity index (χ1) is 9.59. The fraction of sp³-hybridized carbons (Fsp3) is 0.0667. The zero-order chi connectivity index (χ0) is 14.3. The van der Waals surface area contributed by atoms with E-state index in [0.717, 1.165) is 0 Å². The van der Waals surface area contributed by atoms with Gasteiger partial charge in [-0.15, -0.1) is 0 Å². The van der Waals surface area contributed by atoms with E-state index in [9.17, 15) is 14.7 Å². The highest BCUT2D eigenvalue weighted by molar-refractivity contribution is 6.34. The molecule has 100 valence electrons. The van der Waals surface area contributed by atoms with E-state index in [1.165, 1.54) is 11.0 Å². The summed E-state index contributed by atoms with van der Waals surface area (Å²) in [4.78, 5) is 25.2. The van der Waals surface area contributed by atoms with Gasteiger partial charge in [-0.05, 0) is 23.8 Å². The molecule has 0 atom stereocenters. The summed E-state index contributed by atoms with van der Waals surface area (Å²) in [6.07, 6.45) is 0. The van der Waals surface area contributed by atoms with Crippen LogP contribution < -0.4 is 4.90 Å². The van der Waals surface area contributed by atoms with Crippen LogP contribution in [0.25, 0.3) is 0 Å². The molecule has 0 saturated carbocycles. The predicted octanol–water partition coefficient (Wildman–Crippen LogP) is 3.20. The number of carboxylic acid groups (broad SMARTS) is 1. The van der Waals surface area contributed by atoms with Gasteiger partial charge in [0, 0.05) is 0 Å². The Morgan fingerprint density at radius 2 is 1.90 bits per heavy atom. The Labute approximate surface area is 120 Å². The van der Waals surface area contributed by atoms with Crippen LogP contribution in [0.3, 0.4) is 0 Å². The molecule has 1 N–H and O–H groups in total. The first kappa shape index (κ1) is 12.7. The summed E-state index contributed by atoms with van der Waals surface area (Å²) in [6, 6.07) is 11.9. The average Bonchev–Trinajstić information content (AvgIpc) is 2.76. The fourth-order valence-electron chi connectivity index (χ4n) is 2.40. The van der Waals surface area contributed by atoms with Crippen molar-refractivity contribution in [3.8, 4) is 0 Å². The van der Waals surface area contributed by atoms with Crippen LogP contribution in [-0.4, -0.2) is 17.0 Å². The van der Waals surface area contributed by atoms with Gasteiger partial charge < -0.3 is 10.0 Å². The first-order valence-electron chi connectivity index (χ1n) is 6.01. The van der Waals surface area contributed by atoms with E-state index in [2.05, 4.69) is 0 Å². The van der Waals surface area contributed by atoms with Crippen LogP contribution in [0.15, 0.2) is 42.5 Å². The van der Waals surface area contributed by atoms with E-state index in [0.29, 0.717) is 22.8 Å². The number of carbonyl (C=O) groups is 2. The lowest BCUT2D eigenvalue weighted by molar-refractivity contribution is 0.0692. The molecule has 2 aromatic carbocycles. The minimum Gasteiger partial charge on any atom is -0.478 e. The number of fused-ring (bicyclic) bond motifs is 1. The molecule has 1 amide bonds. The molecular formula is C15H10ClNO3. The minimum atomic E-state index is -1.10. The van der Waals surface area contributed by atoms with E-state index in [-0.39, 0.29) is 17.0 Å². The number of rotatable bonds is 2. The van der Waals surface area contributed by atoms with Crippen LogP contribution >= 0.6 is 11.6 Å². The molecule has 1 heterocycles. The second kappa shape index (κ2) is 4.65. The molecule has 3 rings (SSSR count). The number of amides is 1. The normalized spacial score (nSPS) is 13.4. The molecule has 0 aromatic heterocycles. The maximum Gasteiger partial charge on any atom is 0.336 e. The average molecular weight is 288 g/mol. The number of carboxylic acids is 1. The highest BCUT2D eigenvalue weighted by Gasteiger charge is 2.33. The fourth-order valence-corrected chi connectivity index (χ4v) is 2.64. The van der Waals surface area contributed by atoms with Crippen LogP contribution in [0.1, 0.15) is 26.3 Å². The lowest BCUT2D eigenvalue weighted by Crippen LogP contribution is -2.24. The van der Waals surface area contributed by atoms with Gasteiger partial charge in [0.2, 0.25) is 0 Å². The van der Waals surface area contributed by atoms with Crippen molar-refractivity contribution in [1.29, 1.82) is 0 Å². The van der Waals surface area contributed by atoms with Gasteiger partial charge in [-0.1, -0.05) is 35.9 Å². The van der Waals surface area contributed by atoms with Gasteiger partial charge in [-0.2, -0.15) is 0 Å². The van der Waals surface area contributed by atoms with Crippen LogP contribution in [0.4, 0.5) is 5.69 Å². The topological polar surface area (TPSA) is 57.6 Å². The Morgan fingerprint density at radius 3 is 2.60 bits per heavy atom. The van der Waals surface area contributed by atoms with Crippen molar-refractivity contribution in [3.63, 3.8) is 0 Å². The number of benzene rings is 2. The summed E-state index contributed by atoms with van der Waals surface area (Å²) in [5, 5.41) is 9.64. The number of nitrogens with zero attached hydrogens (tertiary/aromatic N) is 1. The van der Waals surface area contributed by atoms with Gasteiger partial charge in [0.15, 0.2) is 0 Å². The number of halogens is 1. The molecule has 5 heteroatoms. The van der Waals surface area contributed by atoms with Crippen molar-refractivity contribution in [1.82, 2.24) is 0 Å². The lowest BCUT2D eigenvalue weighted by Gasteiger charge is -2.17. The zero-order valence-electron chi connectivity index (χ0n) is 10.3. The van der Waals surface area contributed by atoms with Gasteiger partial charge in [-0.25, -0.2) is 4.79 Å². The van der Waals surface area contributed by atoms with Crippen LogP contribution in [0, 0.1) is 0 Å². The van der Waals surface area contributed by atoms with E-state index < -0.39 is 5.97 Å². The Kier molecular flexibility index (Phi) is 2.95. The lowest BCUT2D eigenvalue weighted by atomic mass is 10.0. The third kappa shape index (κ3) is 1.85. The highest BCUT2D eigenvalue weighted by Crippen LogP contribution is 2.34. The molecular weight excluding hydrogens is 278 g/mol. The zero-order valence-corrected chi connectivity index (χ0v) is 11.1. The molecule has 0 aliphatic carbocycles. The van der Waals surface area contributed by atoms with E-state index in [4.69, 9.17) is 11.6 Å². The molecule has 1 aliphatic rings. The third-order valence-electron chi connectivity index (χ3n) is 3.31. The molecule has 1 aliphatic heterocycles. The number of aromatic carboxylic acids is 1. The Bertz CT molecular complexity index is 727. The smallest absolute Gasteiger partial charge is 0.336 e. The molecule has 0 bridgehead atoms. The second-order valence-corrected chi connectivity index (χ2v) is 4.89. The van der Waals surface area contributed by atoms with E-state index in [1.54, 1.807) is 36.4 Å².